The Labute approximate surface area is 145 Å². The number of hydrogen-bond acceptors (Lipinski definition) is 3. The van der Waals surface area contributed by atoms with Gasteiger partial charge in [-0.05, 0) is 30.4 Å². The van der Waals surface area contributed by atoms with E-state index in [0.29, 0.717) is 12.6 Å². The lowest BCUT2D eigenvalue weighted by Crippen LogP contribution is -2.39. The van der Waals surface area contributed by atoms with E-state index < -0.39 is 0 Å². The first kappa shape index (κ1) is 17.2. The van der Waals surface area contributed by atoms with Gasteiger partial charge in [0.1, 0.15) is 0 Å². The molecule has 0 amide bonds. The zero-order valence-electron chi connectivity index (χ0n) is 14.9. The Balaban J connectivity index is 1.56. The molecule has 1 aromatic carbocycles. The summed E-state index contributed by atoms with van der Waals surface area (Å²) >= 11 is 0. The Bertz CT molecular complexity index is 554. The molecular formula is C19H30N4O. The quantitative estimate of drug-likeness (QED) is 0.619. The summed E-state index contributed by atoms with van der Waals surface area (Å²) in [4.78, 5) is 7.20. The van der Waals surface area contributed by atoms with Crippen molar-refractivity contribution in [3.63, 3.8) is 0 Å². The highest BCUT2D eigenvalue weighted by atomic mass is 16.5. The number of nitrogens with zero attached hydrogens (tertiary/aromatic N) is 2. The number of hydrogen-bond donors (Lipinski definition) is 2. The minimum absolute atomic E-state index is 0.593. The van der Waals surface area contributed by atoms with Crippen LogP contribution >= 0.6 is 0 Å². The van der Waals surface area contributed by atoms with E-state index in [4.69, 9.17) is 9.73 Å². The van der Waals surface area contributed by atoms with Crippen molar-refractivity contribution < 1.29 is 4.74 Å². The highest BCUT2D eigenvalue weighted by Crippen LogP contribution is 2.28. The molecule has 3 rings (SSSR count). The van der Waals surface area contributed by atoms with Gasteiger partial charge in [-0.1, -0.05) is 31.2 Å². The Hall–Kier alpha value is -1.59. The summed E-state index contributed by atoms with van der Waals surface area (Å²) in [6, 6.07) is 9.38. The monoisotopic (exact) mass is 330 g/mol. The largest absolute Gasteiger partial charge is 0.379 e. The van der Waals surface area contributed by atoms with E-state index in [0.717, 1.165) is 51.3 Å². The molecule has 0 radical (unpaired) electrons. The molecule has 5 heteroatoms. The van der Waals surface area contributed by atoms with Crippen LogP contribution < -0.4 is 10.6 Å². The van der Waals surface area contributed by atoms with Gasteiger partial charge < -0.3 is 15.4 Å². The van der Waals surface area contributed by atoms with Crippen LogP contribution in [0, 0.1) is 5.92 Å². The number of benzene rings is 1. The van der Waals surface area contributed by atoms with Crippen LogP contribution in [0.2, 0.25) is 0 Å². The minimum Gasteiger partial charge on any atom is -0.379 e. The summed E-state index contributed by atoms with van der Waals surface area (Å²) in [5, 5.41) is 6.85. The number of guanidine groups is 1. The Kier molecular flexibility index (Phi) is 6.10. The maximum Gasteiger partial charge on any atom is 0.191 e. The van der Waals surface area contributed by atoms with Crippen LogP contribution in [0.5, 0.6) is 0 Å². The van der Waals surface area contributed by atoms with E-state index in [9.17, 15) is 0 Å². The first-order chi connectivity index (χ1) is 11.7. The van der Waals surface area contributed by atoms with Gasteiger partial charge in [0.25, 0.3) is 0 Å². The maximum absolute atomic E-state index is 5.42. The highest BCUT2D eigenvalue weighted by Gasteiger charge is 2.33. The molecule has 1 aliphatic heterocycles. The van der Waals surface area contributed by atoms with E-state index in [1.165, 1.54) is 17.5 Å². The van der Waals surface area contributed by atoms with Crippen molar-refractivity contribution in [2.75, 3.05) is 32.8 Å². The zero-order chi connectivity index (χ0) is 16.8. The number of ether oxygens (including phenoxy) is 1. The lowest BCUT2D eigenvalue weighted by molar-refractivity contribution is 0.0342. The summed E-state index contributed by atoms with van der Waals surface area (Å²) in [7, 11) is 0. The van der Waals surface area contributed by atoms with Crippen LogP contribution in [-0.2, 0) is 17.8 Å². The molecule has 1 saturated carbocycles. The fourth-order valence-electron chi connectivity index (χ4n) is 3.03. The molecule has 1 saturated heterocycles. The van der Waals surface area contributed by atoms with Crippen molar-refractivity contribution in [3.8, 4) is 0 Å². The van der Waals surface area contributed by atoms with E-state index in [1.54, 1.807) is 0 Å². The van der Waals surface area contributed by atoms with Gasteiger partial charge in [0.05, 0.1) is 19.8 Å². The summed E-state index contributed by atoms with van der Waals surface area (Å²) in [5.74, 6) is 1.70. The molecule has 5 nitrogen and oxygen atoms in total. The van der Waals surface area contributed by atoms with Crippen LogP contribution in [0.25, 0.3) is 0 Å². The predicted molar refractivity (Wildman–Crippen MR) is 98.1 cm³/mol. The van der Waals surface area contributed by atoms with E-state index in [2.05, 4.69) is 53.6 Å². The molecule has 1 aliphatic carbocycles. The standard InChI is InChI=1S/C19H30N4O/c1-3-20-19(22-18-11-15(18)2)21-13-16-5-4-6-17(12-16)14-23-7-9-24-10-8-23/h4-6,12,15,18H,3,7-11,13-14H2,1-2H3,(H2,20,21,22). The van der Waals surface area contributed by atoms with Crippen LogP contribution in [0.15, 0.2) is 29.3 Å². The summed E-state index contributed by atoms with van der Waals surface area (Å²) < 4.78 is 5.42. The summed E-state index contributed by atoms with van der Waals surface area (Å²) in [6.07, 6.45) is 1.25. The average Bonchev–Trinajstić information content (AvgIpc) is 3.29. The first-order valence-corrected chi connectivity index (χ1v) is 9.17. The van der Waals surface area contributed by atoms with Crippen molar-refractivity contribution in [1.29, 1.82) is 0 Å². The van der Waals surface area contributed by atoms with E-state index >= 15 is 0 Å². The SMILES string of the molecule is CCNC(=NCc1cccc(CN2CCOCC2)c1)NC1CC1C. The number of morpholine rings is 1. The molecule has 0 bridgehead atoms. The van der Waals surface area contributed by atoms with Crippen LogP contribution in [0.4, 0.5) is 0 Å². The Morgan fingerprint density at radius 1 is 1.29 bits per heavy atom. The smallest absolute Gasteiger partial charge is 0.191 e. The third-order valence-corrected chi connectivity index (χ3v) is 4.70. The molecule has 0 aromatic heterocycles. The molecule has 2 unspecified atom stereocenters. The highest BCUT2D eigenvalue weighted by molar-refractivity contribution is 5.80. The van der Waals surface area contributed by atoms with E-state index in [-0.39, 0.29) is 0 Å². The third-order valence-electron chi connectivity index (χ3n) is 4.70. The Morgan fingerprint density at radius 3 is 2.75 bits per heavy atom. The maximum atomic E-state index is 5.42. The normalized spacial score (nSPS) is 24.7. The molecule has 132 valence electrons. The van der Waals surface area contributed by atoms with Gasteiger partial charge in [0, 0.05) is 32.2 Å². The van der Waals surface area contributed by atoms with Crippen molar-refractivity contribution >= 4 is 5.96 Å². The molecule has 1 heterocycles. The molecule has 2 fully saturated rings. The van der Waals surface area contributed by atoms with Gasteiger partial charge in [-0.25, -0.2) is 4.99 Å². The van der Waals surface area contributed by atoms with Crippen LogP contribution in [0.1, 0.15) is 31.4 Å². The topological polar surface area (TPSA) is 48.9 Å². The van der Waals surface area contributed by atoms with Gasteiger partial charge in [0.2, 0.25) is 0 Å². The second kappa shape index (κ2) is 8.49. The average molecular weight is 330 g/mol. The van der Waals surface area contributed by atoms with Crippen molar-refractivity contribution in [2.45, 2.75) is 39.4 Å². The van der Waals surface area contributed by atoms with E-state index in [1.807, 2.05) is 0 Å². The van der Waals surface area contributed by atoms with Gasteiger partial charge in [-0.2, -0.15) is 0 Å². The Morgan fingerprint density at radius 2 is 2.04 bits per heavy atom. The van der Waals surface area contributed by atoms with Gasteiger partial charge >= 0.3 is 0 Å². The molecule has 1 aromatic rings. The predicted octanol–water partition coefficient (Wildman–Crippen LogP) is 1.98. The van der Waals surface area contributed by atoms with Gasteiger partial charge in [0.15, 0.2) is 5.96 Å². The lowest BCUT2D eigenvalue weighted by atomic mass is 10.1. The van der Waals surface area contributed by atoms with Gasteiger partial charge in [-0.3, -0.25) is 4.90 Å². The van der Waals surface area contributed by atoms with Crippen molar-refractivity contribution in [2.24, 2.45) is 10.9 Å². The van der Waals surface area contributed by atoms with Crippen LogP contribution in [-0.4, -0.2) is 49.7 Å². The number of rotatable bonds is 6. The lowest BCUT2D eigenvalue weighted by Gasteiger charge is -2.26. The second-order valence-electron chi connectivity index (χ2n) is 6.87. The fraction of sp³-hybridized carbons (Fsp3) is 0.632. The molecule has 24 heavy (non-hydrogen) atoms. The molecule has 2 aliphatic rings. The van der Waals surface area contributed by atoms with Crippen molar-refractivity contribution in [3.05, 3.63) is 35.4 Å². The third kappa shape index (κ3) is 5.21. The van der Waals surface area contributed by atoms with Crippen molar-refractivity contribution in [1.82, 2.24) is 15.5 Å². The summed E-state index contributed by atoms with van der Waals surface area (Å²) in [6.45, 7) is 10.7. The minimum atomic E-state index is 0.593. The number of aliphatic imine (C=N–C) groups is 1. The molecular weight excluding hydrogens is 300 g/mol. The first-order valence-electron chi connectivity index (χ1n) is 9.17. The number of nitrogens with one attached hydrogen (secondary N) is 2. The second-order valence-corrected chi connectivity index (χ2v) is 6.87. The molecule has 2 atom stereocenters. The molecule has 0 spiro atoms. The summed E-state index contributed by atoms with van der Waals surface area (Å²) in [5.41, 5.74) is 2.63. The zero-order valence-corrected chi connectivity index (χ0v) is 14.9. The van der Waals surface area contributed by atoms with Gasteiger partial charge in [-0.15, -0.1) is 0 Å². The molecule has 2 N–H and O–H groups in total. The van der Waals surface area contributed by atoms with Crippen LogP contribution in [0.3, 0.4) is 0 Å². The fourth-order valence-corrected chi connectivity index (χ4v) is 3.03.